The van der Waals surface area contributed by atoms with Crippen molar-refractivity contribution >= 4 is 41.2 Å². The van der Waals surface area contributed by atoms with Crippen LogP contribution in [-0.4, -0.2) is 50.1 Å². The number of aromatic nitrogens is 3. The van der Waals surface area contributed by atoms with Gasteiger partial charge in [0.25, 0.3) is 0 Å². The fourth-order valence-electron chi connectivity index (χ4n) is 5.14. The number of para-hydroxylation sites is 1. The molecule has 3 N–H and O–H groups in total. The zero-order valence-electron chi connectivity index (χ0n) is 20.7. The van der Waals surface area contributed by atoms with Gasteiger partial charge in [-0.2, -0.15) is 0 Å². The van der Waals surface area contributed by atoms with Crippen LogP contribution in [0.15, 0.2) is 72.7 Å². The smallest absolute Gasteiger partial charge is 0.329 e. The van der Waals surface area contributed by atoms with Gasteiger partial charge in [0.2, 0.25) is 17.8 Å². The van der Waals surface area contributed by atoms with Crippen LogP contribution in [0, 0.1) is 0 Å². The van der Waals surface area contributed by atoms with Crippen molar-refractivity contribution in [2.45, 2.75) is 47.7 Å². The first kappa shape index (κ1) is 24.9. The lowest BCUT2D eigenvalue weighted by molar-refractivity contribution is -0.122. The molecule has 4 amide bonds. The molecule has 198 valence electrons. The molecule has 0 spiro atoms. The van der Waals surface area contributed by atoms with Gasteiger partial charge < -0.3 is 20.7 Å². The summed E-state index contributed by atoms with van der Waals surface area (Å²) in [5.74, 6) is 0.768. The Morgan fingerprint density at radius 3 is 2.54 bits per heavy atom. The summed E-state index contributed by atoms with van der Waals surface area (Å²) in [6, 6.07) is 9.61. The Morgan fingerprint density at radius 2 is 1.79 bits per heavy atom. The Bertz CT molecular complexity index is 1440. The maximum absolute atomic E-state index is 13.4. The van der Waals surface area contributed by atoms with Crippen molar-refractivity contribution in [1.82, 2.24) is 30.9 Å². The Hall–Kier alpha value is -4.45. The number of rotatable bonds is 7. The number of nitrogens with zero attached hydrogens (tertiary/aromatic N) is 4. The maximum Gasteiger partial charge on any atom is 0.329 e. The van der Waals surface area contributed by atoms with E-state index in [-0.39, 0.29) is 29.8 Å². The molecule has 11 nitrogen and oxygen atoms in total. The summed E-state index contributed by atoms with van der Waals surface area (Å²) in [6.07, 6.45) is 8.27. The summed E-state index contributed by atoms with van der Waals surface area (Å²) >= 11 is 1.31. The van der Waals surface area contributed by atoms with E-state index in [1.54, 1.807) is 12.3 Å². The summed E-state index contributed by atoms with van der Waals surface area (Å²) in [5, 5.41) is 8.99. The summed E-state index contributed by atoms with van der Waals surface area (Å²) in [4.78, 5) is 53.1. The second-order valence-electron chi connectivity index (χ2n) is 9.35. The second kappa shape index (κ2) is 10.4. The normalized spacial score (nSPS) is 23.0. The highest BCUT2D eigenvalue weighted by Crippen LogP contribution is 2.50. The first-order valence-corrected chi connectivity index (χ1v) is 13.4. The lowest BCUT2D eigenvalue weighted by Crippen LogP contribution is -2.53. The van der Waals surface area contributed by atoms with Gasteiger partial charge in [0.05, 0.1) is 24.1 Å². The third kappa shape index (κ3) is 4.78. The molecule has 4 heterocycles. The Morgan fingerprint density at radius 1 is 1.05 bits per heavy atom. The molecule has 0 radical (unpaired) electrons. The number of carbonyl (C=O) groups is 3. The van der Waals surface area contributed by atoms with Crippen LogP contribution in [0.5, 0.6) is 11.5 Å². The number of hydrogen-bond donors (Lipinski definition) is 3. The Kier molecular flexibility index (Phi) is 6.61. The van der Waals surface area contributed by atoms with Crippen LogP contribution in [0.2, 0.25) is 0 Å². The van der Waals surface area contributed by atoms with E-state index >= 15 is 0 Å². The molecule has 0 saturated heterocycles. The van der Waals surface area contributed by atoms with Crippen molar-refractivity contribution in [1.29, 1.82) is 0 Å². The number of thioether (sulfide) groups is 1. The molecule has 1 aromatic carbocycles. The van der Waals surface area contributed by atoms with Crippen LogP contribution < -0.4 is 25.6 Å². The molecule has 1 saturated carbocycles. The van der Waals surface area contributed by atoms with E-state index in [4.69, 9.17) is 4.74 Å². The largest absolute Gasteiger partial charge is 0.454 e. The molecular weight excluding hydrogens is 518 g/mol. The highest BCUT2D eigenvalue weighted by atomic mass is 32.2. The molecule has 39 heavy (non-hydrogen) atoms. The quantitative estimate of drug-likeness (QED) is 0.386. The van der Waals surface area contributed by atoms with Crippen molar-refractivity contribution in [2.75, 3.05) is 4.90 Å². The average Bonchev–Trinajstić information content (AvgIpc) is 3.54. The lowest BCUT2D eigenvalue weighted by atomic mass is 10.00. The molecule has 2 unspecified atom stereocenters. The van der Waals surface area contributed by atoms with E-state index in [2.05, 4.69) is 37.5 Å². The number of nitrogens with one attached hydrogen (secondary N) is 3. The van der Waals surface area contributed by atoms with Gasteiger partial charge in [-0.15, -0.1) is 0 Å². The van der Waals surface area contributed by atoms with Crippen molar-refractivity contribution in [3.8, 4) is 11.5 Å². The van der Waals surface area contributed by atoms with Gasteiger partial charge >= 0.3 is 6.03 Å². The fourth-order valence-corrected chi connectivity index (χ4v) is 6.37. The molecule has 4 atom stereocenters. The molecule has 1 aliphatic carbocycles. The maximum atomic E-state index is 13.4. The number of amides is 4. The van der Waals surface area contributed by atoms with Crippen molar-refractivity contribution in [3.05, 3.63) is 73.2 Å². The molecule has 3 aromatic rings. The van der Waals surface area contributed by atoms with Gasteiger partial charge in [0.15, 0.2) is 5.75 Å². The Labute approximate surface area is 228 Å². The Balaban J connectivity index is 1.21. The summed E-state index contributed by atoms with van der Waals surface area (Å²) in [5.41, 5.74) is 1.32. The van der Waals surface area contributed by atoms with Gasteiger partial charge in [-0.3, -0.25) is 9.59 Å². The topological polar surface area (TPSA) is 138 Å². The first-order chi connectivity index (χ1) is 19.0. The van der Waals surface area contributed by atoms with Crippen molar-refractivity contribution in [2.24, 2.45) is 0 Å². The third-order valence-corrected chi connectivity index (χ3v) is 8.20. The van der Waals surface area contributed by atoms with Gasteiger partial charge in [0, 0.05) is 23.8 Å². The predicted octanol–water partition coefficient (Wildman–Crippen LogP) is 3.38. The fraction of sp³-hybridized carbons (Fsp3) is 0.259. The molecule has 6 rings (SSSR count). The van der Waals surface area contributed by atoms with E-state index in [1.165, 1.54) is 35.1 Å². The number of benzene rings is 1. The van der Waals surface area contributed by atoms with Gasteiger partial charge in [0.1, 0.15) is 16.0 Å². The number of hydrogen-bond acceptors (Lipinski definition) is 8. The molecule has 3 aliphatic rings. The van der Waals surface area contributed by atoms with Crippen LogP contribution >= 0.6 is 11.8 Å². The minimum atomic E-state index is -0.612. The number of ether oxygens (including phenoxy) is 1. The number of carbonyl (C=O) groups excluding carboxylic acids is 3. The summed E-state index contributed by atoms with van der Waals surface area (Å²) in [6.45, 7) is 3.50. The molecule has 12 heteroatoms. The van der Waals surface area contributed by atoms with E-state index in [0.29, 0.717) is 22.2 Å². The van der Waals surface area contributed by atoms with Crippen molar-refractivity contribution < 1.29 is 19.1 Å². The number of pyridine rings is 1. The molecule has 1 fully saturated rings. The second-order valence-corrected chi connectivity index (χ2v) is 10.5. The van der Waals surface area contributed by atoms with Crippen LogP contribution in [0.1, 0.15) is 30.9 Å². The van der Waals surface area contributed by atoms with Crippen molar-refractivity contribution in [3.63, 3.8) is 0 Å². The van der Waals surface area contributed by atoms with Crippen LogP contribution in [0.3, 0.4) is 0 Å². The SMILES string of the molecule is C=CC(=O)N[C@@H]1CCC[C@H]1NC(=O)C1Sc2nccc3c2C1NC(=O)N3c1ncc(Oc2ccccc2)cn1. The van der Waals surface area contributed by atoms with E-state index in [9.17, 15) is 14.4 Å². The molecule has 0 bridgehead atoms. The standard InChI is InChI=1S/C27H25N7O4S/c1-2-20(35)31-17-9-6-10-18(17)32-24(36)23-22-21-19(11-12-28-25(21)39-23)34(27(37)33-22)26-29-13-16(14-30-26)38-15-7-4-3-5-8-15/h2-5,7-8,11-14,17-18,22-23H,1,6,9-10H2,(H,31,35)(H,32,36)(H,33,37)/t17-,18-,22?,23?/m1/s1. The van der Waals surface area contributed by atoms with E-state index < -0.39 is 17.3 Å². The monoisotopic (exact) mass is 543 g/mol. The highest BCUT2D eigenvalue weighted by Gasteiger charge is 2.47. The van der Waals surface area contributed by atoms with Crippen LogP contribution in [0.25, 0.3) is 0 Å². The zero-order chi connectivity index (χ0) is 26.9. The first-order valence-electron chi connectivity index (χ1n) is 12.6. The van der Waals surface area contributed by atoms with Gasteiger partial charge in [-0.1, -0.05) is 36.5 Å². The lowest BCUT2D eigenvalue weighted by Gasteiger charge is -2.33. The van der Waals surface area contributed by atoms with Gasteiger partial charge in [-0.25, -0.2) is 24.6 Å². The number of urea groups is 1. The van der Waals surface area contributed by atoms with Crippen LogP contribution in [-0.2, 0) is 9.59 Å². The highest BCUT2D eigenvalue weighted by molar-refractivity contribution is 8.01. The van der Waals surface area contributed by atoms with Gasteiger partial charge in [-0.05, 0) is 43.5 Å². The van der Waals surface area contributed by atoms with E-state index in [0.717, 1.165) is 24.8 Å². The minimum absolute atomic E-state index is 0.163. The number of anilines is 2. The predicted molar refractivity (Wildman–Crippen MR) is 144 cm³/mol. The zero-order valence-corrected chi connectivity index (χ0v) is 21.6. The average molecular weight is 544 g/mol. The summed E-state index contributed by atoms with van der Waals surface area (Å²) < 4.78 is 5.76. The molecule has 2 aromatic heterocycles. The minimum Gasteiger partial charge on any atom is -0.454 e. The van der Waals surface area contributed by atoms with E-state index in [1.807, 2.05) is 30.3 Å². The van der Waals surface area contributed by atoms with Crippen LogP contribution in [0.4, 0.5) is 16.4 Å². The third-order valence-electron chi connectivity index (χ3n) is 6.91. The molecule has 2 aliphatic heterocycles. The summed E-state index contributed by atoms with van der Waals surface area (Å²) in [7, 11) is 0. The molecular formula is C27H25N7O4S.